The maximum absolute atomic E-state index is 13.4. The van der Waals surface area contributed by atoms with Crippen LogP contribution in [0, 0.1) is 5.82 Å². The lowest BCUT2D eigenvalue weighted by Crippen LogP contribution is -2.18. The van der Waals surface area contributed by atoms with Gasteiger partial charge >= 0.3 is 0 Å². The van der Waals surface area contributed by atoms with Crippen LogP contribution in [0.5, 0.6) is 0 Å². The summed E-state index contributed by atoms with van der Waals surface area (Å²) in [5, 5.41) is 11.9. The van der Waals surface area contributed by atoms with Crippen LogP contribution in [0.1, 0.15) is 22.9 Å². The standard InChI is InChI=1S/C22H16FN3S2/c23-17-10-8-16(9-11-17)20-13-18(21-7-4-12-27-21)25-26(20)22-24-19(14-28-22)15-5-2-1-3-6-15/h1-12,14,20H,13H2/t20-/m1/s1. The summed E-state index contributed by atoms with van der Waals surface area (Å²) in [4.78, 5) is 6.00. The Morgan fingerprint density at radius 3 is 2.50 bits per heavy atom. The number of hydrogen-bond acceptors (Lipinski definition) is 5. The third-order valence-corrected chi connectivity index (χ3v) is 6.48. The number of hydrazone groups is 1. The molecule has 2 aromatic carbocycles. The molecule has 3 heterocycles. The lowest BCUT2D eigenvalue weighted by Gasteiger charge is -2.21. The van der Waals surface area contributed by atoms with Crippen LogP contribution >= 0.6 is 22.7 Å². The van der Waals surface area contributed by atoms with Crippen LogP contribution in [0.4, 0.5) is 9.52 Å². The number of hydrogen-bond donors (Lipinski definition) is 0. The van der Waals surface area contributed by atoms with Gasteiger partial charge in [-0.15, -0.1) is 22.7 Å². The highest BCUT2D eigenvalue weighted by molar-refractivity contribution is 7.14. The van der Waals surface area contributed by atoms with Crippen molar-refractivity contribution in [2.45, 2.75) is 12.5 Å². The minimum Gasteiger partial charge on any atom is -0.231 e. The van der Waals surface area contributed by atoms with Crippen molar-refractivity contribution in [1.82, 2.24) is 4.98 Å². The van der Waals surface area contributed by atoms with Crippen LogP contribution in [0.15, 0.2) is 82.6 Å². The quantitative estimate of drug-likeness (QED) is 0.395. The SMILES string of the molecule is Fc1ccc([C@H]2CC(c3cccs3)=NN2c2nc(-c3ccccc3)cs2)cc1. The molecule has 0 N–H and O–H groups in total. The van der Waals surface area contributed by atoms with Crippen molar-refractivity contribution in [3.63, 3.8) is 0 Å². The Labute approximate surface area is 170 Å². The van der Waals surface area contributed by atoms with Crippen molar-refractivity contribution in [2.24, 2.45) is 5.10 Å². The molecular formula is C22H16FN3S2. The average Bonchev–Trinajstić information content (AvgIpc) is 3.48. The molecule has 0 saturated carbocycles. The van der Waals surface area contributed by atoms with E-state index < -0.39 is 0 Å². The maximum Gasteiger partial charge on any atom is 0.207 e. The zero-order valence-electron chi connectivity index (χ0n) is 14.8. The highest BCUT2D eigenvalue weighted by Gasteiger charge is 2.32. The molecule has 2 aromatic heterocycles. The predicted molar refractivity (Wildman–Crippen MR) is 115 cm³/mol. The van der Waals surface area contributed by atoms with Gasteiger partial charge in [0.25, 0.3) is 0 Å². The van der Waals surface area contributed by atoms with Crippen molar-refractivity contribution < 1.29 is 4.39 Å². The summed E-state index contributed by atoms with van der Waals surface area (Å²) in [6, 6.07) is 21.0. The van der Waals surface area contributed by atoms with Gasteiger partial charge in [-0.05, 0) is 29.1 Å². The van der Waals surface area contributed by atoms with Crippen LogP contribution in [0.2, 0.25) is 0 Å². The van der Waals surface area contributed by atoms with E-state index in [4.69, 9.17) is 10.1 Å². The summed E-state index contributed by atoms with van der Waals surface area (Å²) in [5.41, 5.74) is 4.11. The number of halogens is 1. The molecule has 4 aromatic rings. The first-order valence-electron chi connectivity index (χ1n) is 8.95. The topological polar surface area (TPSA) is 28.5 Å². The number of rotatable bonds is 4. The molecule has 0 aliphatic carbocycles. The van der Waals surface area contributed by atoms with Crippen LogP contribution in [-0.4, -0.2) is 10.7 Å². The summed E-state index contributed by atoms with van der Waals surface area (Å²) >= 11 is 3.26. The fourth-order valence-electron chi connectivity index (χ4n) is 3.33. The molecule has 28 heavy (non-hydrogen) atoms. The number of aromatic nitrogens is 1. The third-order valence-electron chi connectivity index (χ3n) is 4.73. The summed E-state index contributed by atoms with van der Waals surface area (Å²) in [6.07, 6.45) is 0.770. The number of anilines is 1. The summed E-state index contributed by atoms with van der Waals surface area (Å²) in [7, 11) is 0. The van der Waals surface area contributed by atoms with Crippen molar-refractivity contribution in [3.05, 3.63) is 93.7 Å². The van der Waals surface area contributed by atoms with Gasteiger partial charge in [0.05, 0.1) is 22.3 Å². The maximum atomic E-state index is 13.4. The van der Waals surface area contributed by atoms with E-state index in [9.17, 15) is 4.39 Å². The molecule has 0 saturated heterocycles. The van der Waals surface area contributed by atoms with E-state index in [0.29, 0.717) is 0 Å². The van der Waals surface area contributed by atoms with Crippen LogP contribution in [0.3, 0.4) is 0 Å². The Bertz CT molecular complexity index is 1100. The van der Waals surface area contributed by atoms with Crippen molar-refractivity contribution in [1.29, 1.82) is 0 Å². The van der Waals surface area contributed by atoms with E-state index in [-0.39, 0.29) is 11.9 Å². The van der Waals surface area contributed by atoms with Crippen LogP contribution in [-0.2, 0) is 0 Å². The lowest BCUT2D eigenvalue weighted by molar-refractivity contribution is 0.624. The molecule has 0 unspecified atom stereocenters. The Balaban J connectivity index is 1.53. The van der Waals surface area contributed by atoms with Gasteiger partial charge in [0.15, 0.2) is 0 Å². The fraction of sp³-hybridized carbons (Fsp3) is 0.0909. The highest BCUT2D eigenvalue weighted by Crippen LogP contribution is 2.39. The predicted octanol–water partition coefficient (Wildman–Crippen LogP) is 6.37. The monoisotopic (exact) mass is 405 g/mol. The third kappa shape index (κ3) is 3.25. The van der Waals surface area contributed by atoms with E-state index >= 15 is 0 Å². The second-order valence-corrected chi connectivity index (χ2v) is 8.31. The Hall–Kier alpha value is -2.83. The first kappa shape index (κ1) is 17.3. The normalized spacial score (nSPS) is 16.4. The van der Waals surface area contributed by atoms with Gasteiger partial charge in [-0.1, -0.05) is 48.5 Å². The fourth-order valence-corrected chi connectivity index (χ4v) is 4.89. The first-order valence-corrected chi connectivity index (χ1v) is 10.7. The molecule has 0 amide bonds. The molecule has 1 aliphatic heterocycles. The van der Waals surface area contributed by atoms with E-state index in [1.165, 1.54) is 12.1 Å². The minimum absolute atomic E-state index is 0.00692. The molecule has 1 atom stereocenters. The number of thiazole rings is 1. The van der Waals surface area contributed by atoms with Crippen molar-refractivity contribution in [2.75, 3.05) is 5.01 Å². The lowest BCUT2D eigenvalue weighted by atomic mass is 10.0. The highest BCUT2D eigenvalue weighted by atomic mass is 32.1. The molecule has 0 bridgehead atoms. The Morgan fingerprint density at radius 1 is 0.929 bits per heavy atom. The largest absolute Gasteiger partial charge is 0.231 e. The first-order chi connectivity index (χ1) is 13.8. The van der Waals surface area contributed by atoms with Gasteiger partial charge in [0.2, 0.25) is 5.13 Å². The smallest absolute Gasteiger partial charge is 0.207 e. The van der Waals surface area contributed by atoms with E-state index in [1.54, 1.807) is 22.7 Å². The molecule has 3 nitrogen and oxygen atoms in total. The van der Waals surface area contributed by atoms with Crippen molar-refractivity contribution in [3.8, 4) is 11.3 Å². The number of nitrogens with zero attached hydrogens (tertiary/aromatic N) is 3. The summed E-state index contributed by atoms with van der Waals surface area (Å²) < 4.78 is 13.4. The van der Waals surface area contributed by atoms with Gasteiger partial charge in [0, 0.05) is 17.4 Å². The Kier molecular flexibility index (Phi) is 4.50. The van der Waals surface area contributed by atoms with E-state index in [0.717, 1.165) is 39.0 Å². The zero-order valence-corrected chi connectivity index (χ0v) is 16.5. The van der Waals surface area contributed by atoms with Crippen LogP contribution < -0.4 is 5.01 Å². The van der Waals surface area contributed by atoms with Gasteiger partial charge < -0.3 is 0 Å². The molecule has 138 valence electrons. The van der Waals surface area contributed by atoms with Crippen LogP contribution in [0.25, 0.3) is 11.3 Å². The van der Waals surface area contributed by atoms with Crippen molar-refractivity contribution >= 4 is 33.5 Å². The summed E-state index contributed by atoms with van der Waals surface area (Å²) in [5.74, 6) is -0.228. The number of thiophene rings is 1. The second kappa shape index (κ2) is 7.30. The van der Waals surface area contributed by atoms with Gasteiger partial charge in [-0.25, -0.2) is 14.4 Å². The molecular weight excluding hydrogens is 389 g/mol. The van der Waals surface area contributed by atoms with Gasteiger partial charge in [-0.3, -0.25) is 0 Å². The molecule has 0 fully saturated rings. The van der Waals surface area contributed by atoms with E-state index in [1.807, 2.05) is 41.4 Å². The van der Waals surface area contributed by atoms with Gasteiger partial charge in [0.1, 0.15) is 5.82 Å². The summed E-state index contributed by atoms with van der Waals surface area (Å²) in [6.45, 7) is 0. The average molecular weight is 406 g/mol. The zero-order chi connectivity index (χ0) is 18.9. The molecule has 1 aliphatic rings. The molecule has 5 rings (SSSR count). The second-order valence-electron chi connectivity index (χ2n) is 6.52. The molecule has 6 heteroatoms. The number of benzene rings is 2. The molecule has 0 spiro atoms. The molecule has 0 radical (unpaired) electrons. The van der Waals surface area contributed by atoms with E-state index in [2.05, 4.69) is 29.0 Å². The minimum atomic E-state index is -0.228. The van der Waals surface area contributed by atoms with Gasteiger partial charge in [-0.2, -0.15) is 5.10 Å². The Morgan fingerprint density at radius 2 is 1.75 bits per heavy atom.